The Morgan fingerprint density at radius 1 is 1.05 bits per heavy atom. The second kappa shape index (κ2) is 5.40. The molecule has 0 fully saturated rings. The SMILES string of the molecule is CS(=O)(=O)c1ccc(C(=O)CCN)cc1S(C)(=O)=O. The van der Waals surface area contributed by atoms with E-state index in [1.807, 2.05) is 0 Å². The van der Waals surface area contributed by atoms with Crippen molar-refractivity contribution in [2.45, 2.75) is 16.2 Å². The smallest absolute Gasteiger partial charge is 0.176 e. The van der Waals surface area contributed by atoms with E-state index in [-0.39, 0.29) is 34.1 Å². The van der Waals surface area contributed by atoms with Crippen LogP contribution >= 0.6 is 0 Å². The van der Waals surface area contributed by atoms with Gasteiger partial charge < -0.3 is 5.73 Å². The average Bonchev–Trinajstić information content (AvgIpc) is 2.26. The zero-order valence-electron chi connectivity index (χ0n) is 10.6. The molecular weight excluding hydrogens is 290 g/mol. The molecule has 8 heteroatoms. The Morgan fingerprint density at radius 2 is 1.58 bits per heavy atom. The first-order valence-corrected chi connectivity index (χ1v) is 9.13. The molecule has 1 rings (SSSR count). The van der Waals surface area contributed by atoms with Crippen molar-refractivity contribution in [3.05, 3.63) is 23.8 Å². The molecule has 0 aliphatic carbocycles. The summed E-state index contributed by atoms with van der Waals surface area (Å²) in [5, 5.41) is 0. The van der Waals surface area contributed by atoms with Gasteiger partial charge in [0.15, 0.2) is 25.5 Å². The van der Waals surface area contributed by atoms with E-state index in [0.717, 1.165) is 24.6 Å². The van der Waals surface area contributed by atoms with Gasteiger partial charge in [0, 0.05) is 24.5 Å². The van der Waals surface area contributed by atoms with Crippen molar-refractivity contribution in [1.29, 1.82) is 0 Å². The van der Waals surface area contributed by atoms with Gasteiger partial charge in [-0.1, -0.05) is 6.07 Å². The number of ketones is 1. The molecule has 2 N–H and O–H groups in total. The lowest BCUT2D eigenvalue weighted by Gasteiger charge is -2.08. The molecule has 0 aliphatic rings. The second-order valence-electron chi connectivity index (χ2n) is 4.17. The lowest BCUT2D eigenvalue weighted by atomic mass is 10.1. The van der Waals surface area contributed by atoms with Crippen molar-refractivity contribution in [3.8, 4) is 0 Å². The maximum Gasteiger partial charge on any atom is 0.176 e. The van der Waals surface area contributed by atoms with Crippen molar-refractivity contribution in [2.24, 2.45) is 5.73 Å². The molecule has 0 saturated heterocycles. The summed E-state index contributed by atoms with van der Waals surface area (Å²) < 4.78 is 46.3. The lowest BCUT2D eigenvalue weighted by Crippen LogP contribution is -2.12. The first kappa shape index (κ1) is 15.8. The van der Waals surface area contributed by atoms with Gasteiger partial charge in [0.1, 0.15) is 0 Å². The van der Waals surface area contributed by atoms with Crippen molar-refractivity contribution in [2.75, 3.05) is 19.1 Å². The third kappa shape index (κ3) is 3.85. The minimum absolute atomic E-state index is 0.0709. The van der Waals surface area contributed by atoms with Gasteiger partial charge in [-0.15, -0.1) is 0 Å². The monoisotopic (exact) mass is 305 g/mol. The standard InChI is InChI=1S/C11H15NO5S2/c1-18(14,15)10-4-3-8(9(13)5-6-12)7-11(10)19(2,16)17/h3-4,7H,5-6,12H2,1-2H3. The Labute approximate surface area is 112 Å². The second-order valence-corrected chi connectivity index (χ2v) is 8.14. The van der Waals surface area contributed by atoms with Crippen molar-refractivity contribution in [3.63, 3.8) is 0 Å². The van der Waals surface area contributed by atoms with Gasteiger partial charge >= 0.3 is 0 Å². The topological polar surface area (TPSA) is 111 Å². The Kier molecular flexibility index (Phi) is 4.49. The predicted octanol–water partition coefficient (Wildman–Crippen LogP) is 0.0251. The van der Waals surface area contributed by atoms with Crippen LogP contribution in [0.25, 0.3) is 0 Å². The Bertz CT molecular complexity index is 705. The molecule has 0 radical (unpaired) electrons. The van der Waals surface area contributed by atoms with Crippen LogP contribution in [-0.4, -0.2) is 41.7 Å². The number of Topliss-reactive ketones (excluding diaryl/α,β-unsaturated/α-hetero) is 1. The molecule has 106 valence electrons. The van der Waals surface area contributed by atoms with E-state index in [1.165, 1.54) is 6.07 Å². The van der Waals surface area contributed by atoms with Crippen LogP contribution < -0.4 is 5.73 Å². The minimum Gasteiger partial charge on any atom is -0.330 e. The molecule has 0 amide bonds. The van der Waals surface area contributed by atoms with Gasteiger partial charge in [-0.3, -0.25) is 4.79 Å². The number of carbonyl (C=O) groups is 1. The molecule has 0 bridgehead atoms. The summed E-state index contributed by atoms with van der Waals surface area (Å²) in [4.78, 5) is 11.0. The molecule has 0 aromatic heterocycles. The molecule has 1 aromatic rings. The van der Waals surface area contributed by atoms with Crippen molar-refractivity contribution >= 4 is 25.5 Å². The highest BCUT2D eigenvalue weighted by molar-refractivity contribution is 7.93. The highest BCUT2D eigenvalue weighted by Crippen LogP contribution is 2.23. The summed E-state index contributed by atoms with van der Waals surface area (Å²) in [5.74, 6) is -0.326. The number of rotatable bonds is 5. The molecule has 0 spiro atoms. The summed E-state index contributed by atoms with van der Waals surface area (Å²) in [6, 6.07) is 3.52. The zero-order chi connectivity index (χ0) is 14.8. The van der Waals surface area contributed by atoms with Crippen LogP contribution in [0.5, 0.6) is 0 Å². The Hall–Kier alpha value is -1.25. The number of sulfone groups is 2. The summed E-state index contributed by atoms with van der Waals surface area (Å²) >= 11 is 0. The van der Waals surface area contributed by atoms with Crippen LogP contribution in [0.2, 0.25) is 0 Å². The van der Waals surface area contributed by atoms with E-state index >= 15 is 0 Å². The van der Waals surface area contributed by atoms with E-state index in [2.05, 4.69) is 0 Å². The summed E-state index contributed by atoms with van der Waals surface area (Å²) in [5.41, 5.74) is 5.39. The minimum atomic E-state index is -3.75. The van der Waals surface area contributed by atoms with Crippen LogP contribution in [0.1, 0.15) is 16.8 Å². The molecule has 0 saturated carbocycles. The molecular formula is C11H15NO5S2. The van der Waals surface area contributed by atoms with Gasteiger partial charge in [0.25, 0.3) is 0 Å². The molecule has 0 unspecified atom stereocenters. The fraction of sp³-hybridized carbons (Fsp3) is 0.364. The van der Waals surface area contributed by atoms with Crippen LogP contribution in [0.3, 0.4) is 0 Å². The van der Waals surface area contributed by atoms with Crippen molar-refractivity contribution in [1.82, 2.24) is 0 Å². The maximum absolute atomic E-state index is 11.7. The highest BCUT2D eigenvalue weighted by Gasteiger charge is 2.22. The zero-order valence-corrected chi connectivity index (χ0v) is 12.2. The van der Waals surface area contributed by atoms with Crippen LogP contribution in [0.4, 0.5) is 0 Å². The number of hydrogen-bond donors (Lipinski definition) is 1. The first-order valence-electron chi connectivity index (χ1n) is 5.35. The Morgan fingerprint density at radius 3 is 2.00 bits per heavy atom. The third-order valence-electron chi connectivity index (χ3n) is 2.44. The van der Waals surface area contributed by atoms with Crippen LogP contribution in [-0.2, 0) is 19.7 Å². The number of carbonyl (C=O) groups excluding carboxylic acids is 1. The normalized spacial score (nSPS) is 12.4. The van der Waals surface area contributed by atoms with E-state index in [1.54, 1.807) is 0 Å². The van der Waals surface area contributed by atoms with Gasteiger partial charge in [0.05, 0.1) is 9.79 Å². The third-order valence-corrected chi connectivity index (χ3v) is 4.86. The quantitative estimate of drug-likeness (QED) is 0.768. The number of hydrogen-bond acceptors (Lipinski definition) is 6. The summed E-state index contributed by atoms with van der Waals surface area (Å²) in [6.45, 7) is 0.140. The average molecular weight is 305 g/mol. The van der Waals surface area contributed by atoms with Gasteiger partial charge in [-0.2, -0.15) is 0 Å². The van der Waals surface area contributed by atoms with E-state index < -0.39 is 19.7 Å². The largest absolute Gasteiger partial charge is 0.330 e. The number of benzene rings is 1. The Balaban J connectivity index is 3.54. The van der Waals surface area contributed by atoms with Crippen LogP contribution in [0.15, 0.2) is 28.0 Å². The van der Waals surface area contributed by atoms with E-state index in [9.17, 15) is 21.6 Å². The molecule has 0 atom stereocenters. The summed E-state index contributed by atoms with van der Waals surface area (Å²) in [7, 11) is -7.44. The van der Waals surface area contributed by atoms with E-state index in [4.69, 9.17) is 5.73 Å². The number of nitrogens with two attached hydrogens (primary N) is 1. The van der Waals surface area contributed by atoms with Gasteiger partial charge in [-0.25, -0.2) is 16.8 Å². The highest BCUT2D eigenvalue weighted by atomic mass is 32.2. The molecule has 0 aliphatic heterocycles. The lowest BCUT2D eigenvalue weighted by molar-refractivity contribution is 0.0985. The fourth-order valence-electron chi connectivity index (χ4n) is 1.55. The molecule has 1 aromatic carbocycles. The molecule has 0 heterocycles. The van der Waals surface area contributed by atoms with Crippen molar-refractivity contribution < 1.29 is 21.6 Å². The maximum atomic E-state index is 11.7. The summed E-state index contributed by atoms with van der Waals surface area (Å²) in [6.07, 6.45) is 1.88. The predicted molar refractivity (Wildman–Crippen MR) is 70.7 cm³/mol. The first-order chi connectivity index (χ1) is 8.57. The van der Waals surface area contributed by atoms with Gasteiger partial charge in [-0.05, 0) is 18.7 Å². The van der Waals surface area contributed by atoms with E-state index in [0.29, 0.717) is 0 Å². The van der Waals surface area contributed by atoms with Gasteiger partial charge in [0.2, 0.25) is 0 Å². The fourth-order valence-corrected chi connectivity index (χ4v) is 3.98. The molecule has 19 heavy (non-hydrogen) atoms. The van der Waals surface area contributed by atoms with Crippen LogP contribution in [0, 0.1) is 0 Å². The molecule has 6 nitrogen and oxygen atoms in total.